The number of H-pyrrole nitrogens is 1. The van der Waals surface area contributed by atoms with E-state index in [1.54, 1.807) is 0 Å². The number of aromatic nitrogens is 1. The molecule has 1 amide bonds. The van der Waals surface area contributed by atoms with Crippen molar-refractivity contribution in [2.75, 3.05) is 6.61 Å². The monoisotopic (exact) mass is 668 g/mol. The van der Waals surface area contributed by atoms with Gasteiger partial charge in [-0.25, -0.2) is 9.59 Å². The molecule has 250 valence electrons. The molecule has 0 unspecified atom stereocenters. The van der Waals surface area contributed by atoms with Crippen molar-refractivity contribution in [3.8, 4) is 11.1 Å². The smallest absolute Gasteiger partial charge is 0.411 e. The quantitative estimate of drug-likeness (QED) is 0.142. The number of hydrogen-bond donors (Lipinski definition) is 2. The maximum atomic E-state index is 15.3. The normalized spacial score (nSPS) is 12.9. The summed E-state index contributed by atoms with van der Waals surface area (Å²) in [5.74, 6) is -1.35. The molecule has 0 saturated carbocycles. The Balaban J connectivity index is 1.32. The van der Waals surface area contributed by atoms with Crippen molar-refractivity contribution < 1.29 is 19.4 Å². The lowest BCUT2D eigenvalue weighted by atomic mass is 9.74. The molecule has 1 heterocycles. The van der Waals surface area contributed by atoms with E-state index in [-0.39, 0.29) is 18.9 Å². The maximum absolute atomic E-state index is 15.3. The van der Waals surface area contributed by atoms with E-state index in [9.17, 15) is 9.90 Å². The van der Waals surface area contributed by atoms with Gasteiger partial charge in [0.15, 0.2) is 0 Å². The van der Waals surface area contributed by atoms with E-state index in [2.05, 4.69) is 29.2 Å². The molecule has 0 radical (unpaired) electrons. The number of nitrogens with one attached hydrogen (secondary N) is 1. The molecule has 2 N–H and O–H groups in total. The molecule has 0 aliphatic heterocycles. The average molecular weight is 669 g/mol. The molecule has 1 aromatic heterocycles. The van der Waals surface area contributed by atoms with Crippen molar-refractivity contribution in [2.24, 2.45) is 0 Å². The van der Waals surface area contributed by atoms with Crippen molar-refractivity contribution in [2.45, 2.75) is 23.9 Å². The molecule has 51 heavy (non-hydrogen) atoms. The number of para-hydroxylation sites is 1. The van der Waals surface area contributed by atoms with Gasteiger partial charge in [0.05, 0.1) is 0 Å². The van der Waals surface area contributed by atoms with Gasteiger partial charge < -0.3 is 14.8 Å². The van der Waals surface area contributed by atoms with Gasteiger partial charge in [-0.3, -0.25) is 4.90 Å². The van der Waals surface area contributed by atoms with Gasteiger partial charge >= 0.3 is 12.1 Å². The third-order valence-corrected chi connectivity index (χ3v) is 10.2. The van der Waals surface area contributed by atoms with E-state index in [0.29, 0.717) is 0 Å². The van der Waals surface area contributed by atoms with Crippen LogP contribution in [0.4, 0.5) is 4.79 Å². The van der Waals surface area contributed by atoms with Crippen molar-refractivity contribution in [3.63, 3.8) is 0 Å². The summed E-state index contributed by atoms with van der Waals surface area (Å²) >= 11 is 0. The molecule has 6 aromatic carbocycles. The predicted molar refractivity (Wildman–Crippen MR) is 200 cm³/mol. The highest BCUT2D eigenvalue weighted by atomic mass is 16.6. The second-order valence-electron chi connectivity index (χ2n) is 12.9. The van der Waals surface area contributed by atoms with Gasteiger partial charge in [-0.2, -0.15) is 0 Å². The van der Waals surface area contributed by atoms with Crippen molar-refractivity contribution in [1.29, 1.82) is 0 Å². The Morgan fingerprint density at radius 2 is 1.12 bits per heavy atom. The van der Waals surface area contributed by atoms with E-state index >= 15 is 4.79 Å². The number of hydrogen-bond acceptors (Lipinski definition) is 3. The minimum absolute atomic E-state index is 0.0389. The van der Waals surface area contributed by atoms with Gasteiger partial charge in [-0.05, 0) is 50.6 Å². The molecule has 0 bridgehead atoms. The van der Waals surface area contributed by atoms with Crippen LogP contribution in [-0.2, 0) is 21.5 Å². The average Bonchev–Trinajstić information content (AvgIpc) is 3.75. The number of ether oxygens (including phenoxy) is 1. The molecule has 0 spiro atoms. The number of carbonyl (C=O) groups excluding carboxylic acids is 1. The molecule has 0 fully saturated rings. The topological polar surface area (TPSA) is 82.6 Å². The first-order chi connectivity index (χ1) is 25.1. The number of benzene rings is 6. The summed E-state index contributed by atoms with van der Waals surface area (Å²) in [6, 6.07) is 51.8. The first-order valence-electron chi connectivity index (χ1n) is 17.2. The lowest BCUT2D eigenvalue weighted by molar-refractivity contribution is -0.144. The second-order valence-corrected chi connectivity index (χ2v) is 12.9. The van der Waals surface area contributed by atoms with Crippen molar-refractivity contribution in [1.82, 2.24) is 9.88 Å². The first kappa shape index (κ1) is 31.8. The molecule has 6 heteroatoms. The Bertz CT molecular complexity index is 2180. The van der Waals surface area contributed by atoms with Crippen LogP contribution in [0.15, 0.2) is 170 Å². The zero-order valence-corrected chi connectivity index (χ0v) is 27.9. The standard InChI is InChI=1S/C45H36N2O4/c48-43(49)42(28-31-29-46-41-27-15-14-22-35(31)41)47(44(50)51-30-40-38-25-12-10-23-36(38)37-24-11-13-26-39(37)40)45(32-16-4-1-5-17-32,33-18-6-2-7-19-33)34-20-8-3-9-21-34/h1-27,29,40,42,46H,28,30H2,(H,48,49)/t42-/m0/s1. The Kier molecular flexibility index (Phi) is 8.42. The number of aromatic amines is 1. The summed E-state index contributed by atoms with van der Waals surface area (Å²) in [5, 5.41) is 12.2. The highest BCUT2D eigenvalue weighted by Crippen LogP contribution is 2.47. The van der Waals surface area contributed by atoms with Crippen LogP contribution < -0.4 is 0 Å². The van der Waals surface area contributed by atoms with Crippen LogP contribution in [0, 0.1) is 0 Å². The number of rotatable bonds is 10. The fraction of sp³-hybridized carbons (Fsp3) is 0.111. The highest BCUT2D eigenvalue weighted by molar-refractivity contribution is 5.87. The summed E-state index contributed by atoms with van der Waals surface area (Å²) in [5.41, 5.74) is 6.88. The van der Waals surface area contributed by atoms with Crippen LogP contribution in [-0.4, -0.2) is 39.7 Å². The first-order valence-corrected chi connectivity index (χ1v) is 17.2. The fourth-order valence-corrected chi connectivity index (χ4v) is 7.91. The third kappa shape index (κ3) is 5.55. The zero-order valence-electron chi connectivity index (χ0n) is 27.9. The number of fused-ring (bicyclic) bond motifs is 4. The Morgan fingerprint density at radius 3 is 1.65 bits per heavy atom. The number of carbonyl (C=O) groups is 2. The van der Waals surface area contributed by atoms with E-state index in [4.69, 9.17) is 4.74 Å². The van der Waals surface area contributed by atoms with Gasteiger partial charge in [0.2, 0.25) is 0 Å². The SMILES string of the molecule is O=C(O)[C@H](Cc1c[nH]c2ccccc12)N(C(=O)OCC1c2ccccc2-c2ccccc21)C(c1ccccc1)(c1ccccc1)c1ccccc1. The highest BCUT2D eigenvalue weighted by Gasteiger charge is 2.51. The van der Waals surface area contributed by atoms with Gasteiger partial charge in [0.25, 0.3) is 0 Å². The number of amides is 1. The molecule has 1 atom stereocenters. The van der Waals surface area contributed by atoms with Gasteiger partial charge in [-0.15, -0.1) is 0 Å². The van der Waals surface area contributed by atoms with Gasteiger partial charge in [0.1, 0.15) is 18.2 Å². The maximum Gasteiger partial charge on any atom is 0.411 e. The summed E-state index contributed by atoms with van der Waals surface area (Å²) < 4.78 is 6.43. The van der Waals surface area contributed by atoms with Gasteiger partial charge in [0, 0.05) is 29.4 Å². The largest absolute Gasteiger partial charge is 0.480 e. The lowest BCUT2D eigenvalue weighted by Crippen LogP contribution is -2.59. The number of aliphatic carboxylic acids is 1. The summed E-state index contributed by atoms with van der Waals surface area (Å²) in [7, 11) is 0. The number of nitrogens with zero attached hydrogens (tertiary/aromatic N) is 1. The van der Waals surface area contributed by atoms with Crippen LogP contribution in [0.3, 0.4) is 0 Å². The lowest BCUT2D eigenvalue weighted by Gasteiger charge is -2.47. The van der Waals surface area contributed by atoms with E-state index in [1.807, 2.05) is 146 Å². The Hall–Kier alpha value is -6.40. The molecule has 1 aliphatic carbocycles. The Labute approximate surface area is 296 Å². The third-order valence-electron chi connectivity index (χ3n) is 10.2. The van der Waals surface area contributed by atoms with Crippen molar-refractivity contribution in [3.05, 3.63) is 203 Å². The zero-order chi connectivity index (χ0) is 34.8. The number of carboxylic acid groups (broad SMARTS) is 1. The predicted octanol–water partition coefficient (Wildman–Crippen LogP) is 9.41. The molecule has 0 saturated heterocycles. The van der Waals surface area contributed by atoms with E-state index in [1.165, 1.54) is 4.90 Å². The summed E-state index contributed by atoms with van der Waals surface area (Å²) in [4.78, 5) is 33.8. The summed E-state index contributed by atoms with van der Waals surface area (Å²) in [6.07, 6.45) is 1.16. The van der Waals surface area contributed by atoms with Crippen LogP contribution in [0.25, 0.3) is 22.0 Å². The van der Waals surface area contributed by atoms with Crippen LogP contribution in [0.1, 0.15) is 39.3 Å². The van der Waals surface area contributed by atoms with Crippen LogP contribution in [0.5, 0.6) is 0 Å². The van der Waals surface area contributed by atoms with Crippen LogP contribution >= 0.6 is 0 Å². The number of carboxylic acids is 1. The molecule has 1 aliphatic rings. The van der Waals surface area contributed by atoms with E-state index < -0.39 is 23.6 Å². The second kappa shape index (κ2) is 13.5. The minimum Gasteiger partial charge on any atom is -0.480 e. The minimum atomic E-state index is -1.39. The molecular weight excluding hydrogens is 633 g/mol. The molecule has 7 aromatic rings. The van der Waals surface area contributed by atoms with E-state index in [0.717, 1.165) is 55.4 Å². The molecular formula is C45H36N2O4. The molecule has 6 nitrogen and oxygen atoms in total. The Morgan fingerprint density at radius 1 is 0.647 bits per heavy atom. The molecule has 8 rings (SSSR count). The summed E-state index contributed by atoms with van der Waals surface area (Å²) in [6.45, 7) is 0.0389. The van der Waals surface area contributed by atoms with Crippen LogP contribution in [0.2, 0.25) is 0 Å². The van der Waals surface area contributed by atoms with Gasteiger partial charge in [-0.1, -0.05) is 158 Å². The van der Waals surface area contributed by atoms with Crippen molar-refractivity contribution >= 4 is 23.0 Å². The fourth-order valence-electron chi connectivity index (χ4n) is 7.91.